The number of nitrogens with one attached hydrogen (secondary N) is 2. The molecule has 0 aliphatic heterocycles. The van der Waals surface area contributed by atoms with E-state index in [-0.39, 0.29) is 5.69 Å². The zero-order valence-corrected chi connectivity index (χ0v) is 16.4. The van der Waals surface area contributed by atoms with Crippen LogP contribution >= 0.6 is 11.3 Å². The summed E-state index contributed by atoms with van der Waals surface area (Å²) in [6.45, 7) is 3.72. The molecule has 0 aliphatic carbocycles. The monoisotopic (exact) mass is 394 g/mol. The van der Waals surface area contributed by atoms with Gasteiger partial charge in [-0.05, 0) is 37.1 Å². The Hall–Kier alpha value is -3.44. The summed E-state index contributed by atoms with van der Waals surface area (Å²) >= 11 is 1.32. The molecule has 0 atom stereocenters. The molecule has 0 bridgehead atoms. The number of ether oxygens (including phenoxy) is 1. The average molecular weight is 394 g/mol. The Morgan fingerprint density at radius 3 is 2.68 bits per heavy atom. The zero-order valence-electron chi connectivity index (χ0n) is 15.6. The van der Waals surface area contributed by atoms with Crippen molar-refractivity contribution >= 4 is 22.2 Å². The third-order valence-corrected chi connectivity index (χ3v) is 5.40. The number of H-pyrrole nitrogens is 1. The molecule has 0 radical (unpaired) electrons. The van der Waals surface area contributed by atoms with Gasteiger partial charge in [0.05, 0.1) is 12.7 Å². The van der Waals surface area contributed by atoms with Gasteiger partial charge in [-0.1, -0.05) is 12.1 Å². The summed E-state index contributed by atoms with van der Waals surface area (Å²) in [5.41, 5.74) is 1.77. The van der Waals surface area contributed by atoms with Crippen molar-refractivity contribution in [3.63, 3.8) is 0 Å². The first kappa shape index (κ1) is 19.3. The lowest BCUT2D eigenvalue weighted by Gasteiger charge is -2.06. The molecule has 3 aromatic rings. The number of rotatable bonds is 5. The molecular weight excluding hydrogens is 376 g/mol. The predicted molar refractivity (Wildman–Crippen MR) is 107 cm³/mol. The lowest BCUT2D eigenvalue weighted by atomic mass is 10.1. The molecule has 142 valence electrons. The topological polar surface area (TPSA) is 108 Å². The minimum absolute atomic E-state index is 0.000132. The fourth-order valence-corrected chi connectivity index (χ4v) is 3.67. The minimum atomic E-state index is -0.528. The number of carbonyl (C=O) groups excluding carboxylic acids is 1. The molecule has 8 heteroatoms. The van der Waals surface area contributed by atoms with Gasteiger partial charge in [0, 0.05) is 17.4 Å². The molecule has 0 unspecified atom stereocenters. The Morgan fingerprint density at radius 1 is 1.32 bits per heavy atom. The highest BCUT2D eigenvalue weighted by atomic mass is 32.1. The summed E-state index contributed by atoms with van der Waals surface area (Å²) in [7, 11) is 1.59. The third kappa shape index (κ3) is 4.10. The smallest absolute Gasteiger partial charge is 0.275 e. The van der Waals surface area contributed by atoms with Crippen LogP contribution in [0.15, 0.2) is 35.1 Å². The van der Waals surface area contributed by atoms with Crippen molar-refractivity contribution in [2.75, 3.05) is 12.4 Å². The van der Waals surface area contributed by atoms with Crippen molar-refractivity contribution < 1.29 is 9.53 Å². The van der Waals surface area contributed by atoms with E-state index >= 15 is 0 Å². The fourth-order valence-electron chi connectivity index (χ4n) is 2.66. The zero-order chi connectivity index (χ0) is 20.3. The molecule has 2 heterocycles. The number of amides is 1. The number of aromatic nitrogens is 2. The van der Waals surface area contributed by atoms with Gasteiger partial charge >= 0.3 is 0 Å². The first-order chi connectivity index (χ1) is 13.4. The van der Waals surface area contributed by atoms with Crippen LogP contribution in [0.1, 0.15) is 37.9 Å². The van der Waals surface area contributed by atoms with Gasteiger partial charge in [0.1, 0.15) is 28.3 Å². The van der Waals surface area contributed by atoms with Crippen LogP contribution in [0.4, 0.5) is 5.00 Å². The minimum Gasteiger partial charge on any atom is -0.497 e. The van der Waals surface area contributed by atoms with Gasteiger partial charge in [0.15, 0.2) is 0 Å². The summed E-state index contributed by atoms with van der Waals surface area (Å²) in [5.74, 6) is 0.579. The van der Waals surface area contributed by atoms with Crippen LogP contribution in [0.3, 0.4) is 0 Å². The largest absolute Gasteiger partial charge is 0.497 e. The molecule has 1 aromatic carbocycles. The van der Waals surface area contributed by atoms with Gasteiger partial charge in [-0.3, -0.25) is 9.59 Å². The molecule has 2 N–H and O–H groups in total. The van der Waals surface area contributed by atoms with Gasteiger partial charge in [-0.15, -0.1) is 11.3 Å². The van der Waals surface area contributed by atoms with E-state index in [0.717, 1.165) is 27.8 Å². The van der Waals surface area contributed by atoms with Gasteiger partial charge in [0.25, 0.3) is 11.5 Å². The summed E-state index contributed by atoms with van der Waals surface area (Å²) in [4.78, 5) is 32.5. The second kappa shape index (κ2) is 8.06. The van der Waals surface area contributed by atoms with Crippen LogP contribution in [0.25, 0.3) is 0 Å². The average Bonchev–Trinajstić information content (AvgIpc) is 2.94. The van der Waals surface area contributed by atoms with E-state index in [9.17, 15) is 14.9 Å². The number of benzene rings is 1. The summed E-state index contributed by atoms with van der Waals surface area (Å²) < 4.78 is 5.13. The Bertz CT molecular complexity index is 1120. The molecule has 0 aliphatic rings. The van der Waals surface area contributed by atoms with Crippen molar-refractivity contribution in [3.8, 4) is 11.8 Å². The Balaban J connectivity index is 1.84. The van der Waals surface area contributed by atoms with Crippen molar-refractivity contribution in [2.24, 2.45) is 0 Å². The first-order valence-electron chi connectivity index (χ1n) is 8.46. The maximum atomic E-state index is 12.6. The number of hydrogen-bond acceptors (Lipinski definition) is 6. The van der Waals surface area contributed by atoms with Crippen LogP contribution in [-0.2, 0) is 6.42 Å². The van der Waals surface area contributed by atoms with Crippen molar-refractivity contribution in [2.45, 2.75) is 20.3 Å². The van der Waals surface area contributed by atoms with E-state index in [0.29, 0.717) is 22.8 Å². The van der Waals surface area contributed by atoms with Gasteiger partial charge in [-0.25, -0.2) is 4.98 Å². The highest BCUT2D eigenvalue weighted by molar-refractivity contribution is 7.16. The van der Waals surface area contributed by atoms with E-state index < -0.39 is 11.5 Å². The van der Waals surface area contributed by atoms with E-state index in [1.54, 1.807) is 7.11 Å². The summed E-state index contributed by atoms with van der Waals surface area (Å²) in [5, 5.41) is 12.5. The number of aryl methyl sites for hydroxylation is 1. The number of anilines is 1. The standard InChI is InChI=1S/C20H18N4O3S/c1-11-12(2)28-20(15(11)10-21)24-19(26)16-9-18(25)23-17(22-16)8-13-4-6-14(27-3)7-5-13/h4-7,9H,8H2,1-3H3,(H,24,26)(H,22,23,25). The molecular formula is C20H18N4O3S. The normalized spacial score (nSPS) is 10.4. The number of methoxy groups -OCH3 is 1. The highest BCUT2D eigenvalue weighted by Gasteiger charge is 2.17. The molecule has 2 aromatic heterocycles. The number of nitrogens with zero attached hydrogens (tertiary/aromatic N) is 2. The maximum absolute atomic E-state index is 12.6. The SMILES string of the molecule is COc1ccc(Cc2nc(C(=O)Nc3sc(C)c(C)c3C#N)cc(=O)[nH]2)cc1. The van der Waals surface area contributed by atoms with Crippen LogP contribution < -0.4 is 15.6 Å². The van der Waals surface area contributed by atoms with E-state index in [1.165, 1.54) is 11.3 Å². The molecule has 3 rings (SSSR count). The lowest BCUT2D eigenvalue weighted by Crippen LogP contribution is -2.20. The van der Waals surface area contributed by atoms with Gasteiger partial charge in [0.2, 0.25) is 0 Å². The van der Waals surface area contributed by atoms with Gasteiger partial charge in [-0.2, -0.15) is 5.26 Å². The number of aromatic amines is 1. The van der Waals surface area contributed by atoms with Crippen LogP contribution in [0, 0.1) is 25.2 Å². The third-order valence-electron chi connectivity index (χ3n) is 4.28. The van der Waals surface area contributed by atoms with E-state index in [2.05, 4.69) is 21.4 Å². The lowest BCUT2D eigenvalue weighted by molar-refractivity contribution is 0.102. The van der Waals surface area contributed by atoms with Gasteiger partial charge < -0.3 is 15.0 Å². The van der Waals surface area contributed by atoms with Crippen LogP contribution in [-0.4, -0.2) is 23.0 Å². The quantitative estimate of drug-likeness (QED) is 0.691. The second-order valence-electron chi connectivity index (χ2n) is 6.16. The second-order valence-corrected chi connectivity index (χ2v) is 7.38. The van der Waals surface area contributed by atoms with Crippen LogP contribution in [0.5, 0.6) is 5.75 Å². The number of hydrogen-bond donors (Lipinski definition) is 2. The van der Waals surface area contributed by atoms with Crippen molar-refractivity contribution in [1.82, 2.24) is 9.97 Å². The molecule has 0 spiro atoms. The summed E-state index contributed by atoms with van der Waals surface area (Å²) in [6, 6.07) is 10.6. The summed E-state index contributed by atoms with van der Waals surface area (Å²) in [6.07, 6.45) is 0.362. The molecule has 0 saturated carbocycles. The van der Waals surface area contributed by atoms with Crippen LogP contribution in [0.2, 0.25) is 0 Å². The number of carbonyl (C=O) groups is 1. The van der Waals surface area contributed by atoms with Crippen molar-refractivity contribution in [3.05, 3.63) is 73.8 Å². The molecule has 1 amide bonds. The molecule has 7 nitrogen and oxygen atoms in total. The number of nitriles is 1. The molecule has 0 saturated heterocycles. The maximum Gasteiger partial charge on any atom is 0.275 e. The van der Waals surface area contributed by atoms with E-state index in [4.69, 9.17) is 4.74 Å². The molecule has 0 fully saturated rings. The fraction of sp³-hybridized carbons (Fsp3) is 0.200. The Labute approximate surface area is 165 Å². The van der Waals surface area contributed by atoms with E-state index in [1.807, 2.05) is 38.1 Å². The number of thiophene rings is 1. The Kier molecular flexibility index (Phi) is 5.57. The Morgan fingerprint density at radius 2 is 2.04 bits per heavy atom. The highest BCUT2D eigenvalue weighted by Crippen LogP contribution is 2.31. The molecule has 28 heavy (non-hydrogen) atoms. The predicted octanol–water partition coefficient (Wildman–Crippen LogP) is 3.17. The van der Waals surface area contributed by atoms with Crippen molar-refractivity contribution in [1.29, 1.82) is 5.26 Å². The first-order valence-corrected chi connectivity index (χ1v) is 9.27.